The fourth-order valence-corrected chi connectivity index (χ4v) is 3.77. The quantitative estimate of drug-likeness (QED) is 0.920. The third kappa shape index (κ3) is 3.05. The van der Waals surface area contributed by atoms with Crippen LogP contribution in [0, 0.1) is 5.92 Å². The number of hydrogen-bond donors (Lipinski definition) is 1. The lowest BCUT2D eigenvalue weighted by Gasteiger charge is -2.43. The van der Waals surface area contributed by atoms with Gasteiger partial charge in [0, 0.05) is 25.0 Å². The molecule has 1 aliphatic carbocycles. The van der Waals surface area contributed by atoms with E-state index in [0.29, 0.717) is 12.0 Å². The van der Waals surface area contributed by atoms with Gasteiger partial charge in [-0.3, -0.25) is 4.90 Å². The Hall–Kier alpha value is -0.900. The summed E-state index contributed by atoms with van der Waals surface area (Å²) >= 11 is 0. The molecule has 20 heavy (non-hydrogen) atoms. The molecule has 1 N–H and O–H groups in total. The number of aliphatic hydroxyl groups is 1. The zero-order valence-corrected chi connectivity index (χ0v) is 12.1. The van der Waals surface area contributed by atoms with Crippen LogP contribution in [0.1, 0.15) is 37.4 Å². The number of morpholine rings is 1. The molecule has 1 aromatic carbocycles. The summed E-state index contributed by atoms with van der Waals surface area (Å²) in [6.07, 6.45) is 4.56. The summed E-state index contributed by atoms with van der Waals surface area (Å²) in [4.78, 5) is 2.54. The summed E-state index contributed by atoms with van der Waals surface area (Å²) in [6.45, 7) is 3.71. The fourth-order valence-electron chi connectivity index (χ4n) is 3.77. The molecule has 1 aromatic rings. The molecule has 3 nitrogen and oxygen atoms in total. The Bertz CT molecular complexity index is 403. The Kier molecular flexibility index (Phi) is 4.71. The third-order valence-electron chi connectivity index (χ3n) is 4.84. The highest BCUT2D eigenvalue weighted by atomic mass is 16.5. The van der Waals surface area contributed by atoms with Crippen molar-refractivity contribution in [1.29, 1.82) is 0 Å². The molecular weight excluding hydrogens is 250 g/mol. The van der Waals surface area contributed by atoms with Crippen LogP contribution in [-0.4, -0.2) is 42.4 Å². The summed E-state index contributed by atoms with van der Waals surface area (Å²) in [5, 5.41) is 10.8. The van der Waals surface area contributed by atoms with Crippen molar-refractivity contribution in [2.75, 3.05) is 26.3 Å². The molecule has 2 aliphatic rings. The van der Waals surface area contributed by atoms with Crippen LogP contribution < -0.4 is 0 Å². The maximum atomic E-state index is 10.8. The first-order valence-corrected chi connectivity index (χ1v) is 7.91. The van der Waals surface area contributed by atoms with Gasteiger partial charge in [0.2, 0.25) is 0 Å². The maximum absolute atomic E-state index is 10.8. The van der Waals surface area contributed by atoms with Crippen molar-refractivity contribution in [2.24, 2.45) is 5.92 Å². The minimum atomic E-state index is -0.329. The molecule has 1 aliphatic heterocycles. The molecule has 0 spiro atoms. The minimum absolute atomic E-state index is 0.329. The van der Waals surface area contributed by atoms with E-state index in [1.165, 1.54) is 19.3 Å². The largest absolute Gasteiger partial charge is 0.388 e. The van der Waals surface area contributed by atoms with E-state index in [1.54, 1.807) is 0 Å². The molecule has 0 unspecified atom stereocenters. The first-order valence-electron chi connectivity index (χ1n) is 7.91. The Labute approximate surface area is 121 Å². The summed E-state index contributed by atoms with van der Waals surface area (Å²) in [5.41, 5.74) is 1.07. The molecule has 0 radical (unpaired) electrons. The summed E-state index contributed by atoms with van der Waals surface area (Å²) in [6, 6.07) is 10.7. The van der Waals surface area contributed by atoms with E-state index >= 15 is 0 Å². The van der Waals surface area contributed by atoms with E-state index in [1.807, 2.05) is 18.2 Å². The smallest absolute Gasteiger partial charge is 0.0833 e. The molecule has 110 valence electrons. The highest BCUT2D eigenvalue weighted by molar-refractivity contribution is 5.18. The van der Waals surface area contributed by atoms with Crippen molar-refractivity contribution in [3.05, 3.63) is 35.9 Å². The summed E-state index contributed by atoms with van der Waals surface area (Å²) in [7, 11) is 0. The van der Waals surface area contributed by atoms with Crippen LogP contribution in [0.15, 0.2) is 30.3 Å². The second kappa shape index (κ2) is 6.70. The van der Waals surface area contributed by atoms with Gasteiger partial charge < -0.3 is 9.84 Å². The molecular formula is C17H25NO2. The number of aliphatic hydroxyl groups excluding tert-OH is 1. The predicted molar refractivity (Wildman–Crippen MR) is 79.5 cm³/mol. The van der Waals surface area contributed by atoms with E-state index in [2.05, 4.69) is 17.0 Å². The fraction of sp³-hybridized carbons (Fsp3) is 0.647. The Morgan fingerprint density at radius 2 is 1.75 bits per heavy atom. The Morgan fingerprint density at radius 3 is 2.50 bits per heavy atom. The van der Waals surface area contributed by atoms with Crippen molar-refractivity contribution < 1.29 is 9.84 Å². The minimum Gasteiger partial charge on any atom is -0.388 e. The van der Waals surface area contributed by atoms with Gasteiger partial charge in [-0.1, -0.05) is 43.2 Å². The van der Waals surface area contributed by atoms with Gasteiger partial charge in [-0.15, -0.1) is 0 Å². The van der Waals surface area contributed by atoms with Gasteiger partial charge in [-0.2, -0.15) is 0 Å². The first kappa shape index (κ1) is 14.1. The van der Waals surface area contributed by atoms with Crippen LogP contribution in [-0.2, 0) is 4.74 Å². The molecule has 1 saturated heterocycles. The van der Waals surface area contributed by atoms with E-state index in [9.17, 15) is 5.11 Å². The monoisotopic (exact) mass is 275 g/mol. The average Bonchev–Trinajstić information content (AvgIpc) is 2.56. The van der Waals surface area contributed by atoms with Gasteiger partial charge in [-0.05, 0) is 18.4 Å². The van der Waals surface area contributed by atoms with E-state index in [-0.39, 0.29) is 6.10 Å². The van der Waals surface area contributed by atoms with E-state index in [4.69, 9.17) is 4.74 Å². The van der Waals surface area contributed by atoms with Gasteiger partial charge in [-0.25, -0.2) is 0 Å². The lowest BCUT2D eigenvalue weighted by Crippen LogP contribution is -2.49. The molecule has 3 rings (SSSR count). The number of ether oxygens (including phenoxy) is 1. The zero-order valence-electron chi connectivity index (χ0n) is 12.1. The van der Waals surface area contributed by atoms with E-state index < -0.39 is 0 Å². The predicted octanol–water partition coefficient (Wildman–Crippen LogP) is 2.61. The molecule has 1 heterocycles. The van der Waals surface area contributed by atoms with Crippen molar-refractivity contribution in [2.45, 2.75) is 37.8 Å². The van der Waals surface area contributed by atoms with Crippen molar-refractivity contribution in [1.82, 2.24) is 4.90 Å². The van der Waals surface area contributed by atoms with Crippen LogP contribution in [0.25, 0.3) is 0 Å². The SMILES string of the molecule is O[C@H](c1ccccc1)[C@H]1CCCC[C@H]1N1CCOCC1. The average molecular weight is 275 g/mol. The van der Waals surface area contributed by atoms with Crippen molar-refractivity contribution in [3.8, 4) is 0 Å². The van der Waals surface area contributed by atoms with Gasteiger partial charge in [0.25, 0.3) is 0 Å². The van der Waals surface area contributed by atoms with Gasteiger partial charge in [0.05, 0.1) is 19.3 Å². The molecule has 3 heteroatoms. The van der Waals surface area contributed by atoms with Crippen molar-refractivity contribution in [3.63, 3.8) is 0 Å². The van der Waals surface area contributed by atoms with Crippen LogP contribution in [0.5, 0.6) is 0 Å². The van der Waals surface area contributed by atoms with Crippen LogP contribution in [0.3, 0.4) is 0 Å². The first-order chi connectivity index (χ1) is 9.86. The maximum Gasteiger partial charge on any atom is 0.0833 e. The highest BCUT2D eigenvalue weighted by Crippen LogP contribution is 2.37. The van der Waals surface area contributed by atoms with Gasteiger partial charge in [0.15, 0.2) is 0 Å². The Balaban J connectivity index is 1.74. The highest BCUT2D eigenvalue weighted by Gasteiger charge is 2.35. The second-order valence-corrected chi connectivity index (χ2v) is 6.02. The molecule has 0 bridgehead atoms. The third-order valence-corrected chi connectivity index (χ3v) is 4.84. The van der Waals surface area contributed by atoms with Gasteiger partial charge >= 0.3 is 0 Å². The number of rotatable bonds is 3. The van der Waals surface area contributed by atoms with Crippen molar-refractivity contribution >= 4 is 0 Å². The Morgan fingerprint density at radius 1 is 1.05 bits per heavy atom. The number of benzene rings is 1. The summed E-state index contributed by atoms with van der Waals surface area (Å²) in [5.74, 6) is 0.365. The number of hydrogen-bond acceptors (Lipinski definition) is 3. The molecule has 0 amide bonds. The van der Waals surface area contributed by atoms with Gasteiger partial charge in [0.1, 0.15) is 0 Å². The molecule has 1 saturated carbocycles. The standard InChI is InChI=1S/C17H25NO2/c19-17(14-6-2-1-3-7-14)15-8-4-5-9-16(15)18-10-12-20-13-11-18/h1-3,6-7,15-17,19H,4-5,8-13H2/t15-,16+,17+/m0/s1. The van der Waals surface area contributed by atoms with Crippen LogP contribution >= 0.6 is 0 Å². The second-order valence-electron chi connectivity index (χ2n) is 6.02. The van der Waals surface area contributed by atoms with E-state index in [0.717, 1.165) is 38.3 Å². The zero-order chi connectivity index (χ0) is 13.8. The van der Waals surface area contributed by atoms with Crippen LogP contribution in [0.4, 0.5) is 0 Å². The topological polar surface area (TPSA) is 32.7 Å². The lowest BCUT2D eigenvalue weighted by atomic mass is 9.78. The molecule has 0 aromatic heterocycles. The van der Waals surface area contributed by atoms with Crippen LogP contribution in [0.2, 0.25) is 0 Å². The normalized spacial score (nSPS) is 30.1. The molecule has 2 fully saturated rings. The lowest BCUT2D eigenvalue weighted by molar-refractivity contribution is -0.0372. The molecule has 3 atom stereocenters. The number of nitrogens with zero attached hydrogens (tertiary/aromatic N) is 1. The summed E-state index contributed by atoms with van der Waals surface area (Å²) < 4.78 is 5.47.